The van der Waals surface area contributed by atoms with Crippen LogP contribution in [0.1, 0.15) is 24.0 Å². The largest absolute Gasteiger partial charge is 0.480 e. The number of ether oxygens (including phenoxy) is 1. The number of nitrogens with zero attached hydrogens (tertiary/aromatic N) is 1. The zero-order valence-electron chi connectivity index (χ0n) is 13.1. The number of aliphatic carboxylic acids is 1. The molecule has 0 bridgehead atoms. The molecule has 0 spiro atoms. The van der Waals surface area contributed by atoms with Crippen LogP contribution in [0.2, 0.25) is 0 Å². The molecule has 8 heteroatoms. The predicted octanol–water partition coefficient (Wildman–Crippen LogP) is 1.53. The predicted molar refractivity (Wildman–Crippen MR) is 81.9 cm³/mol. The molecule has 1 aromatic carbocycles. The minimum absolute atomic E-state index is 0.0270. The number of sulfonamides is 1. The molecule has 0 aromatic heterocycles. The van der Waals surface area contributed by atoms with Gasteiger partial charge in [0.1, 0.15) is 5.82 Å². The van der Waals surface area contributed by atoms with E-state index in [-0.39, 0.29) is 25.1 Å². The van der Waals surface area contributed by atoms with Crippen LogP contribution in [0.25, 0.3) is 0 Å². The highest BCUT2D eigenvalue weighted by atomic mass is 32.2. The van der Waals surface area contributed by atoms with E-state index in [0.29, 0.717) is 12.0 Å². The van der Waals surface area contributed by atoms with Crippen LogP contribution >= 0.6 is 0 Å². The Morgan fingerprint density at radius 1 is 1.48 bits per heavy atom. The molecular formula is C15H20FNO5S. The molecule has 0 amide bonds. The molecule has 1 N–H and O–H groups in total. The van der Waals surface area contributed by atoms with Crippen molar-refractivity contribution >= 4 is 16.0 Å². The number of rotatable bonds is 6. The molecule has 1 heterocycles. The smallest absolute Gasteiger partial charge is 0.327 e. The molecule has 23 heavy (non-hydrogen) atoms. The van der Waals surface area contributed by atoms with Crippen molar-refractivity contribution in [1.29, 1.82) is 0 Å². The lowest BCUT2D eigenvalue weighted by atomic mass is 9.99. The molecule has 1 aromatic rings. The van der Waals surface area contributed by atoms with E-state index in [2.05, 4.69) is 0 Å². The summed E-state index contributed by atoms with van der Waals surface area (Å²) in [7, 11) is -2.66. The third-order valence-corrected chi connectivity index (χ3v) is 5.97. The molecular weight excluding hydrogens is 325 g/mol. The van der Waals surface area contributed by atoms with Gasteiger partial charge in [-0.3, -0.25) is 4.79 Å². The summed E-state index contributed by atoms with van der Waals surface area (Å²) in [5.74, 6) is -2.43. The maximum atomic E-state index is 13.9. The quantitative estimate of drug-likeness (QED) is 0.845. The van der Waals surface area contributed by atoms with Gasteiger partial charge >= 0.3 is 5.97 Å². The van der Waals surface area contributed by atoms with Gasteiger partial charge in [-0.15, -0.1) is 0 Å². The number of hydrogen-bond donors (Lipinski definition) is 1. The van der Waals surface area contributed by atoms with Crippen molar-refractivity contribution in [3.63, 3.8) is 0 Å². The Balaban J connectivity index is 2.36. The number of carboxylic acids is 1. The fraction of sp³-hybridized carbons (Fsp3) is 0.533. The van der Waals surface area contributed by atoms with Gasteiger partial charge in [0, 0.05) is 19.2 Å². The van der Waals surface area contributed by atoms with Crippen molar-refractivity contribution in [1.82, 2.24) is 4.31 Å². The molecule has 1 unspecified atom stereocenters. The van der Waals surface area contributed by atoms with Crippen LogP contribution in [0, 0.1) is 12.7 Å². The van der Waals surface area contributed by atoms with Crippen LogP contribution in [-0.4, -0.2) is 49.6 Å². The lowest BCUT2D eigenvalue weighted by Gasteiger charge is -2.33. The van der Waals surface area contributed by atoms with Gasteiger partial charge in [0.05, 0.1) is 12.4 Å². The van der Waals surface area contributed by atoms with Gasteiger partial charge < -0.3 is 9.84 Å². The summed E-state index contributed by atoms with van der Waals surface area (Å²) < 4.78 is 45.2. The monoisotopic (exact) mass is 345 g/mol. The Hall–Kier alpha value is -1.51. The maximum Gasteiger partial charge on any atom is 0.327 e. The van der Waals surface area contributed by atoms with E-state index in [1.807, 2.05) is 0 Å². The van der Waals surface area contributed by atoms with Crippen molar-refractivity contribution in [2.75, 3.05) is 20.3 Å². The number of carboxylic acid groups (broad SMARTS) is 1. The third kappa shape index (κ3) is 3.39. The fourth-order valence-electron chi connectivity index (χ4n) is 2.96. The van der Waals surface area contributed by atoms with Crippen molar-refractivity contribution in [3.8, 4) is 0 Å². The topological polar surface area (TPSA) is 83.9 Å². The summed E-state index contributed by atoms with van der Waals surface area (Å²) in [6, 6.07) is 4.29. The fourth-order valence-corrected chi connectivity index (χ4v) is 4.91. The summed E-state index contributed by atoms with van der Waals surface area (Å²) in [6.07, 6.45) is 0.594. The van der Waals surface area contributed by atoms with E-state index >= 15 is 0 Å². The first-order valence-corrected chi connectivity index (χ1v) is 8.82. The number of hydrogen-bond acceptors (Lipinski definition) is 4. The number of methoxy groups -OCH3 is 1. The van der Waals surface area contributed by atoms with E-state index in [1.54, 1.807) is 13.0 Å². The molecule has 1 aliphatic rings. The van der Waals surface area contributed by atoms with Crippen molar-refractivity contribution in [3.05, 3.63) is 35.1 Å². The molecule has 1 saturated heterocycles. The number of benzene rings is 1. The van der Waals surface area contributed by atoms with Gasteiger partial charge in [0.25, 0.3) is 0 Å². The van der Waals surface area contributed by atoms with E-state index < -0.39 is 33.1 Å². The Labute approximate surface area is 134 Å². The first-order chi connectivity index (χ1) is 10.7. The molecule has 2 rings (SSSR count). The number of aryl methyl sites for hydroxylation is 1. The van der Waals surface area contributed by atoms with E-state index in [9.17, 15) is 22.7 Å². The highest BCUT2D eigenvalue weighted by molar-refractivity contribution is 7.88. The Kier molecular flexibility index (Phi) is 5.07. The van der Waals surface area contributed by atoms with Crippen LogP contribution in [0.15, 0.2) is 18.2 Å². The molecule has 6 nitrogen and oxygen atoms in total. The number of carbonyl (C=O) groups is 1. The second-order valence-electron chi connectivity index (χ2n) is 5.80. The van der Waals surface area contributed by atoms with Crippen LogP contribution in [0.4, 0.5) is 4.39 Å². The summed E-state index contributed by atoms with van der Waals surface area (Å²) >= 11 is 0. The van der Waals surface area contributed by atoms with Gasteiger partial charge in [-0.25, -0.2) is 12.8 Å². The second-order valence-corrected chi connectivity index (χ2v) is 7.69. The standard InChI is InChI=1S/C15H20FNO5S/c1-11-4-5-12(13(16)8-11)9-23(20,21)17-7-3-6-15(17,10-22-2)14(18)19/h4-5,8H,3,6-7,9-10H2,1-2H3,(H,18,19). The van der Waals surface area contributed by atoms with Crippen molar-refractivity contribution < 1.29 is 27.4 Å². The average Bonchev–Trinajstić information content (AvgIpc) is 2.88. The molecule has 128 valence electrons. The zero-order chi connectivity index (χ0) is 17.3. The lowest BCUT2D eigenvalue weighted by molar-refractivity contribution is -0.150. The third-order valence-electron chi connectivity index (χ3n) is 4.09. The van der Waals surface area contributed by atoms with Crippen LogP contribution in [0.5, 0.6) is 0 Å². The Morgan fingerprint density at radius 3 is 2.74 bits per heavy atom. The van der Waals surface area contributed by atoms with Gasteiger partial charge in [-0.1, -0.05) is 12.1 Å². The van der Waals surface area contributed by atoms with Gasteiger partial charge in [-0.2, -0.15) is 4.31 Å². The van der Waals surface area contributed by atoms with Gasteiger partial charge in [-0.05, 0) is 31.4 Å². The summed E-state index contributed by atoms with van der Waals surface area (Å²) in [6.45, 7) is 1.55. The van der Waals surface area contributed by atoms with Crippen LogP contribution < -0.4 is 0 Å². The molecule has 1 fully saturated rings. The molecule has 0 saturated carbocycles. The molecule has 1 atom stereocenters. The second kappa shape index (κ2) is 6.54. The summed E-state index contributed by atoms with van der Waals surface area (Å²) in [5.41, 5.74) is -0.905. The highest BCUT2D eigenvalue weighted by Gasteiger charge is 2.53. The minimum Gasteiger partial charge on any atom is -0.480 e. The van der Waals surface area contributed by atoms with Gasteiger partial charge in [0.2, 0.25) is 10.0 Å². The normalized spacial score (nSPS) is 22.4. The summed E-state index contributed by atoms with van der Waals surface area (Å²) in [5, 5.41) is 9.53. The maximum absolute atomic E-state index is 13.9. The Morgan fingerprint density at radius 2 is 2.17 bits per heavy atom. The van der Waals surface area contributed by atoms with Gasteiger partial charge in [0.15, 0.2) is 5.54 Å². The first-order valence-electron chi connectivity index (χ1n) is 7.21. The van der Waals surface area contributed by atoms with E-state index in [1.165, 1.54) is 19.2 Å². The molecule has 0 aliphatic carbocycles. The minimum atomic E-state index is -3.99. The Bertz CT molecular complexity index is 706. The molecule has 0 radical (unpaired) electrons. The number of halogens is 1. The van der Waals surface area contributed by atoms with E-state index in [0.717, 1.165) is 4.31 Å². The van der Waals surface area contributed by atoms with E-state index in [4.69, 9.17) is 4.74 Å². The molecule has 1 aliphatic heterocycles. The summed E-state index contributed by atoms with van der Waals surface area (Å²) in [4.78, 5) is 11.7. The SMILES string of the molecule is COCC1(C(=O)O)CCCN1S(=O)(=O)Cc1ccc(C)cc1F. The van der Waals surface area contributed by atoms with Crippen molar-refractivity contribution in [2.45, 2.75) is 31.1 Å². The lowest BCUT2D eigenvalue weighted by Crippen LogP contribution is -2.56. The van der Waals surface area contributed by atoms with Crippen molar-refractivity contribution in [2.24, 2.45) is 0 Å². The van der Waals surface area contributed by atoms with Crippen LogP contribution in [0.3, 0.4) is 0 Å². The average molecular weight is 345 g/mol. The van der Waals surface area contributed by atoms with Crippen LogP contribution in [-0.2, 0) is 25.3 Å². The highest BCUT2D eigenvalue weighted by Crippen LogP contribution is 2.34. The first kappa shape index (κ1) is 17.8. The zero-order valence-corrected chi connectivity index (χ0v) is 13.9.